The van der Waals surface area contributed by atoms with Crippen molar-refractivity contribution in [1.82, 2.24) is 29.5 Å². The average molecular weight is 350 g/mol. The molecule has 0 bridgehead atoms. The van der Waals surface area contributed by atoms with E-state index in [1.165, 1.54) is 0 Å². The van der Waals surface area contributed by atoms with E-state index in [9.17, 15) is 4.79 Å². The van der Waals surface area contributed by atoms with Crippen molar-refractivity contribution in [1.29, 1.82) is 0 Å². The number of fused-ring (bicyclic) bond motifs is 1. The first-order valence-electron chi connectivity index (χ1n) is 8.86. The van der Waals surface area contributed by atoms with E-state index in [1.807, 2.05) is 44.7 Å². The Kier molecular flexibility index (Phi) is 3.94. The van der Waals surface area contributed by atoms with Gasteiger partial charge in [0.25, 0.3) is 5.91 Å². The van der Waals surface area contributed by atoms with Crippen LogP contribution in [0.1, 0.15) is 51.4 Å². The monoisotopic (exact) mass is 350 g/mol. The average Bonchev–Trinajstić information content (AvgIpc) is 3.20. The number of carbonyl (C=O) groups is 1. The number of nitrogens with zero attached hydrogens (tertiary/aromatic N) is 6. The lowest BCUT2D eigenvalue weighted by Gasteiger charge is -2.15. The Hall–Kier alpha value is -2.83. The van der Waals surface area contributed by atoms with Gasteiger partial charge in [-0.2, -0.15) is 5.10 Å². The highest BCUT2D eigenvalue weighted by Gasteiger charge is 2.31. The molecule has 0 aromatic carbocycles. The van der Waals surface area contributed by atoms with Gasteiger partial charge in [0, 0.05) is 47.8 Å². The molecule has 1 amide bonds. The van der Waals surface area contributed by atoms with Crippen molar-refractivity contribution < 1.29 is 4.79 Å². The minimum Gasteiger partial charge on any atom is -0.336 e. The topological polar surface area (TPSA) is 76.3 Å². The van der Waals surface area contributed by atoms with Gasteiger partial charge in [-0.1, -0.05) is 0 Å². The normalized spacial score (nSPS) is 17.2. The molecule has 1 aliphatic rings. The maximum absolute atomic E-state index is 12.9. The lowest BCUT2D eigenvalue weighted by atomic mass is 10.1. The molecule has 0 unspecified atom stereocenters. The quantitative estimate of drug-likeness (QED) is 0.709. The summed E-state index contributed by atoms with van der Waals surface area (Å²) in [6, 6.07) is 5.69. The molecule has 1 saturated heterocycles. The molecule has 0 radical (unpaired) electrons. The smallest absolute Gasteiger partial charge is 0.274 e. The van der Waals surface area contributed by atoms with Gasteiger partial charge in [0.15, 0.2) is 11.3 Å². The second-order valence-corrected chi connectivity index (χ2v) is 7.08. The predicted octanol–water partition coefficient (Wildman–Crippen LogP) is 2.38. The molecule has 1 fully saturated rings. The maximum atomic E-state index is 12.9. The summed E-state index contributed by atoms with van der Waals surface area (Å²) in [5.74, 6) is 0.956. The number of amides is 1. The van der Waals surface area contributed by atoms with Crippen LogP contribution in [0.2, 0.25) is 0 Å². The Labute approximate surface area is 152 Å². The largest absolute Gasteiger partial charge is 0.336 e. The van der Waals surface area contributed by atoms with Gasteiger partial charge < -0.3 is 4.90 Å². The molecule has 0 spiro atoms. The van der Waals surface area contributed by atoms with E-state index in [1.54, 1.807) is 10.6 Å². The Balaban J connectivity index is 1.57. The SMILES string of the molecule is Cc1cc(C)nc([C@H]2CCN(C(=O)c3cc4nc(C)cc(C)n4n3)C2)n1. The predicted molar refractivity (Wildman–Crippen MR) is 97.2 cm³/mol. The van der Waals surface area contributed by atoms with Crippen molar-refractivity contribution in [2.75, 3.05) is 13.1 Å². The summed E-state index contributed by atoms with van der Waals surface area (Å²) in [5, 5.41) is 4.46. The summed E-state index contributed by atoms with van der Waals surface area (Å²) in [6.07, 6.45) is 0.873. The first-order valence-corrected chi connectivity index (χ1v) is 8.86. The first-order chi connectivity index (χ1) is 12.4. The Morgan fingerprint density at radius 2 is 1.69 bits per heavy atom. The van der Waals surface area contributed by atoms with Crippen LogP contribution in [0.15, 0.2) is 18.2 Å². The molecule has 1 aliphatic heterocycles. The fourth-order valence-electron chi connectivity index (χ4n) is 3.64. The molecule has 0 saturated carbocycles. The third-order valence-corrected chi connectivity index (χ3v) is 4.79. The van der Waals surface area contributed by atoms with Crippen LogP contribution in [0.4, 0.5) is 0 Å². The van der Waals surface area contributed by atoms with Crippen molar-refractivity contribution in [3.8, 4) is 0 Å². The zero-order valence-electron chi connectivity index (χ0n) is 15.5. The van der Waals surface area contributed by atoms with Crippen LogP contribution in [0.25, 0.3) is 5.65 Å². The lowest BCUT2D eigenvalue weighted by Crippen LogP contribution is -2.29. The number of aromatic nitrogens is 5. The molecule has 3 aromatic heterocycles. The van der Waals surface area contributed by atoms with Crippen molar-refractivity contribution >= 4 is 11.6 Å². The van der Waals surface area contributed by atoms with Gasteiger partial charge in [-0.3, -0.25) is 4.79 Å². The number of hydrogen-bond acceptors (Lipinski definition) is 5. The van der Waals surface area contributed by atoms with Gasteiger partial charge in [-0.05, 0) is 46.2 Å². The summed E-state index contributed by atoms with van der Waals surface area (Å²) in [4.78, 5) is 28.3. The molecule has 0 N–H and O–H groups in total. The van der Waals surface area contributed by atoms with Crippen molar-refractivity contribution in [3.05, 3.63) is 52.5 Å². The van der Waals surface area contributed by atoms with Crippen LogP contribution >= 0.6 is 0 Å². The summed E-state index contributed by atoms with van der Waals surface area (Å²) in [5.41, 5.74) is 4.97. The maximum Gasteiger partial charge on any atom is 0.274 e. The molecule has 1 atom stereocenters. The number of hydrogen-bond donors (Lipinski definition) is 0. The summed E-state index contributed by atoms with van der Waals surface area (Å²) in [7, 11) is 0. The highest BCUT2D eigenvalue weighted by atomic mass is 16.2. The number of rotatable bonds is 2. The second-order valence-electron chi connectivity index (χ2n) is 7.08. The van der Waals surface area contributed by atoms with E-state index in [2.05, 4.69) is 20.1 Å². The zero-order valence-corrected chi connectivity index (χ0v) is 15.5. The molecule has 4 rings (SSSR count). The van der Waals surface area contributed by atoms with Crippen LogP contribution in [0.5, 0.6) is 0 Å². The van der Waals surface area contributed by atoms with Crippen molar-refractivity contribution in [2.24, 2.45) is 0 Å². The standard InChI is InChI=1S/C19H22N6O/c1-11-7-12(2)22-18(21-11)15-5-6-24(10-15)19(26)16-9-17-20-13(3)8-14(4)25(17)23-16/h7-9,15H,5-6,10H2,1-4H3/t15-/m0/s1. The van der Waals surface area contributed by atoms with Crippen molar-refractivity contribution in [2.45, 2.75) is 40.0 Å². The van der Waals surface area contributed by atoms with E-state index < -0.39 is 0 Å². The highest BCUT2D eigenvalue weighted by molar-refractivity contribution is 5.93. The Morgan fingerprint density at radius 3 is 2.42 bits per heavy atom. The van der Waals surface area contributed by atoms with Gasteiger partial charge in [0.05, 0.1) is 0 Å². The second kappa shape index (κ2) is 6.16. The van der Waals surface area contributed by atoms with Crippen LogP contribution in [-0.4, -0.2) is 48.5 Å². The van der Waals surface area contributed by atoms with Gasteiger partial charge in [-0.15, -0.1) is 0 Å². The molecule has 0 aliphatic carbocycles. The lowest BCUT2D eigenvalue weighted by molar-refractivity contribution is 0.0784. The van der Waals surface area contributed by atoms with Crippen LogP contribution in [-0.2, 0) is 0 Å². The molecule has 3 aromatic rings. The number of likely N-dealkylation sites (tertiary alicyclic amines) is 1. The minimum absolute atomic E-state index is 0.0561. The third-order valence-electron chi connectivity index (χ3n) is 4.79. The van der Waals surface area contributed by atoms with E-state index in [0.717, 1.165) is 35.0 Å². The van der Waals surface area contributed by atoms with E-state index in [4.69, 9.17) is 0 Å². The molecular formula is C19H22N6O. The molecule has 4 heterocycles. The van der Waals surface area contributed by atoms with Gasteiger partial charge in [0.2, 0.25) is 0 Å². The zero-order chi connectivity index (χ0) is 18.4. The van der Waals surface area contributed by atoms with E-state index in [-0.39, 0.29) is 11.8 Å². The van der Waals surface area contributed by atoms with Gasteiger partial charge in [-0.25, -0.2) is 19.5 Å². The molecule has 134 valence electrons. The molecular weight excluding hydrogens is 328 g/mol. The first kappa shape index (κ1) is 16.6. The van der Waals surface area contributed by atoms with Crippen molar-refractivity contribution in [3.63, 3.8) is 0 Å². The Morgan fingerprint density at radius 1 is 1.00 bits per heavy atom. The molecule has 7 heteroatoms. The summed E-state index contributed by atoms with van der Waals surface area (Å²) < 4.78 is 1.72. The number of aryl methyl sites for hydroxylation is 4. The minimum atomic E-state index is -0.0561. The van der Waals surface area contributed by atoms with Crippen LogP contribution in [0, 0.1) is 27.7 Å². The Bertz CT molecular complexity index is 988. The fourth-order valence-corrected chi connectivity index (χ4v) is 3.64. The third kappa shape index (κ3) is 2.94. The molecule has 26 heavy (non-hydrogen) atoms. The number of carbonyl (C=O) groups excluding carboxylic acids is 1. The summed E-state index contributed by atoms with van der Waals surface area (Å²) >= 11 is 0. The highest BCUT2D eigenvalue weighted by Crippen LogP contribution is 2.26. The van der Waals surface area contributed by atoms with E-state index in [0.29, 0.717) is 24.4 Å². The van der Waals surface area contributed by atoms with E-state index >= 15 is 0 Å². The van der Waals surface area contributed by atoms with Crippen LogP contribution in [0.3, 0.4) is 0 Å². The fraction of sp³-hybridized carbons (Fsp3) is 0.421. The van der Waals surface area contributed by atoms with Gasteiger partial charge in [0.1, 0.15) is 5.82 Å². The van der Waals surface area contributed by atoms with Gasteiger partial charge >= 0.3 is 0 Å². The summed E-state index contributed by atoms with van der Waals surface area (Å²) in [6.45, 7) is 9.18. The molecule has 7 nitrogen and oxygen atoms in total. The van der Waals surface area contributed by atoms with Crippen LogP contribution < -0.4 is 0 Å².